The Hall–Kier alpha value is -2.41. The lowest BCUT2D eigenvalue weighted by Gasteiger charge is -2.16. The predicted octanol–water partition coefficient (Wildman–Crippen LogP) is 1.79. The summed E-state index contributed by atoms with van der Waals surface area (Å²) in [6.07, 6.45) is 4.29. The first-order valence-corrected chi connectivity index (χ1v) is 9.19. The van der Waals surface area contributed by atoms with E-state index in [0.717, 1.165) is 36.9 Å². The molecule has 0 unspecified atom stereocenters. The van der Waals surface area contributed by atoms with Gasteiger partial charge in [-0.25, -0.2) is 4.79 Å². The van der Waals surface area contributed by atoms with Crippen LogP contribution in [0.4, 0.5) is 0 Å². The topological polar surface area (TPSA) is 93.2 Å². The molecule has 1 saturated heterocycles. The van der Waals surface area contributed by atoms with Crippen molar-refractivity contribution < 1.29 is 9.53 Å². The molecule has 0 aliphatic carbocycles. The minimum atomic E-state index is -0.465. The van der Waals surface area contributed by atoms with Gasteiger partial charge in [-0.15, -0.1) is 0 Å². The van der Waals surface area contributed by atoms with E-state index in [1.165, 1.54) is 0 Å². The third kappa shape index (κ3) is 3.88. The summed E-state index contributed by atoms with van der Waals surface area (Å²) in [5, 5.41) is 3.36. The molecule has 7 heteroatoms. The summed E-state index contributed by atoms with van der Waals surface area (Å²) < 4.78 is 6.74. The number of amides is 1. The molecule has 1 aromatic carbocycles. The number of rotatable bonds is 6. The van der Waals surface area contributed by atoms with Crippen molar-refractivity contribution in [3.8, 4) is 0 Å². The molecule has 140 valence electrons. The molecule has 3 rings (SSSR count). The molecule has 2 N–H and O–H groups in total. The number of aromatic nitrogens is 2. The maximum Gasteiger partial charge on any atom is 0.328 e. The molecule has 7 nitrogen and oxygen atoms in total. The van der Waals surface area contributed by atoms with E-state index in [0.29, 0.717) is 29.1 Å². The van der Waals surface area contributed by atoms with Gasteiger partial charge in [0.05, 0.1) is 17.0 Å². The Bertz CT molecular complexity index is 909. The van der Waals surface area contributed by atoms with Gasteiger partial charge in [0, 0.05) is 24.8 Å². The molecule has 26 heavy (non-hydrogen) atoms. The summed E-state index contributed by atoms with van der Waals surface area (Å²) in [4.78, 5) is 39.4. The summed E-state index contributed by atoms with van der Waals surface area (Å²) in [5.74, 6) is -0.216. The standard InChI is InChI=1S/C19H25N3O4/c1-3-22-18(24)15-9-7-13(11-16(15)21-19(22)25)17(23)20-12(2)6-8-14-5-4-10-26-14/h7,9,11-12,14H,3-6,8,10H2,1-2H3,(H,20,23)(H,21,25)/t12-,14-/m0/s1. The molecule has 0 spiro atoms. The van der Waals surface area contributed by atoms with Gasteiger partial charge in [0.1, 0.15) is 0 Å². The van der Waals surface area contributed by atoms with Gasteiger partial charge >= 0.3 is 5.69 Å². The van der Waals surface area contributed by atoms with E-state index in [-0.39, 0.29) is 17.5 Å². The monoisotopic (exact) mass is 359 g/mol. The summed E-state index contributed by atoms with van der Waals surface area (Å²) in [6.45, 7) is 4.84. The first-order chi connectivity index (χ1) is 12.5. The van der Waals surface area contributed by atoms with Gasteiger partial charge in [-0.1, -0.05) is 0 Å². The molecule has 0 radical (unpaired) electrons. The van der Waals surface area contributed by atoms with Gasteiger partial charge in [-0.2, -0.15) is 0 Å². The minimum absolute atomic E-state index is 0.0227. The zero-order valence-corrected chi connectivity index (χ0v) is 15.2. The van der Waals surface area contributed by atoms with Crippen molar-refractivity contribution >= 4 is 16.8 Å². The number of ether oxygens (including phenoxy) is 1. The lowest BCUT2D eigenvalue weighted by Crippen LogP contribution is -2.35. The predicted molar refractivity (Wildman–Crippen MR) is 99.6 cm³/mol. The second-order valence-electron chi connectivity index (χ2n) is 6.83. The van der Waals surface area contributed by atoms with E-state index < -0.39 is 5.69 Å². The van der Waals surface area contributed by atoms with E-state index in [1.807, 2.05) is 6.92 Å². The van der Waals surface area contributed by atoms with Gasteiger partial charge in [-0.3, -0.25) is 14.2 Å². The first-order valence-electron chi connectivity index (χ1n) is 9.19. The van der Waals surface area contributed by atoms with Crippen molar-refractivity contribution in [2.75, 3.05) is 6.61 Å². The number of carbonyl (C=O) groups is 1. The smallest absolute Gasteiger partial charge is 0.328 e. The molecule has 1 aromatic heterocycles. The fourth-order valence-electron chi connectivity index (χ4n) is 3.37. The van der Waals surface area contributed by atoms with Crippen LogP contribution in [0.2, 0.25) is 0 Å². The van der Waals surface area contributed by atoms with Crippen LogP contribution in [0.15, 0.2) is 27.8 Å². The summed E-state index contributed by atoms with van der Waals surface area (Å²) in [5.41, 5.74) is -0.00856. The lowest BCUT2D eigenvalue weighted by molar-refractivity contribution is 0.0899. The van der Waals surface area contributed by atoms with E-state index in [9.17, 15) is 14.4 Å². The summed E-state index contributed by atoms with van der Waals surface area (Å²) in [6, 6.07) is 4.78. The van der Waals surface area contributed by atoms with Crippen molar-refractivity contribution in [1.29, 1.82) is 0 Å². The Morgan fingerprint density at radius 3 is 2.92 bits per heavy atom. The van der Waals surface area contributed by atoms with Crippen LogP contribution in [0.25, 0.3) is 10.9 Å². The highest BCUT2D eigenvalue weighted by molar-refractivity contribution is 5.97. The minimum Gasteiger partial charge on any atom is -0.378 e. The SMILES string of the molecule is CCn1c(=O)[nH]c2cc(C(=O)N[C@@H](C)CC[C@@H]3CCCO3)ccc2c1=O. The molecule has 1 amide bonds. The largest absolute Gasteiger partial charge is 0.378 e. The molecule has 1 fully saturated rings. The number of aromatic amines is 1. The average Bonchev–Trinajstić information content (AvgIpc) is 3.13. The molecule has 0 bridgehead atoms. The van der Waals surface area contributed by atoms with Crippen LogP contribution in [0, 0.1) is 0 Å². The molecular formula is C19H25N3O4. The highest BCUT2D eigenvalue weighted by atomic mass is 16.5. The first kappa shape index (κ1) is 18.4. The molecule has 2 aromatic rings. The lowest BCUT2D eigenvalue weighted by atomic mass is 10.1. The highest BCUT2D eigenvalue weighted by Crippen LogP contribution is 2.18. The van der Waals surface area contributed by atoms with Crippen LogP contribution < -0.4 is 16.6 Å². The van der Waals surface area contributed by atoms with Crippen molar-refractivity contribution in [1.82, 2.24) is 14.9 Å². The Labute approximate surface area is 151 Å². The molecule has 2 heterocycles. The van der Waals surface area contributed by atoms with Gasteiger partial charge in [0.25, 0.3) is 11.5 Å². The van der Waals surface area contributed by atoms with Crippen LogP contribution in [0.1, 0.15) is 49.9 Å². The number of hydrogen-bond donors (Lipinski definition) is 2. The van der Waals surface area contributed by atoms with Gasteiger partial charge < -0.3 is 15.0 Å². The second kappa shape index (κ2) is 7.86. The number of benzene rings is 1. The van der Waals surface area contributed by atoms with Gasteiger partial charge in [0.15, 0.2) is 0 Å². The number of nitrogens with zero attached hydrogens (tertiary/aromatic N) is 1. The third-order valence-electron chi connectivity index (χ3n) is 4.88. The molecule has 0 saturated carbocycles. The fourth-order valence-corrected chi connectivity index (χ4v) is 3.37. The van der Waals surface area contributed by atoms with Gasteiger partial charge in [-0.05, 0) is 57.7 Å². The Kier molecular flexibility index (Phi) is 5.56. The van der Waals surface area contributed by atoms with E-state index in [2.05, 4.69) is 10.3 Å². The van der Waals surface area contributed by atoms with E-state index in [4.69, 9.17) is 4.74 Å². The van der Waals surface area contributed by atoms with E-state index in [1.54, 1.807) is 25.1 Å². The van der Waals surface area contributed by atoms with Crippen molar-refractivity contribution in [2.45, 2.75) is 58.2 Å². The van der Waals surface area contributed by atoms with Gasteiger partial charge in [0.2, 0.25) is 0 Å². The van der Waals surface area contributed by atoms with Crippen LogP contribution >= 0.6 is 0 Å². The van der Waals surface area contributed by atoms with Crippen LogP contribution in [0.3, 0.4) is 0 Å². The molecular weight excluding hydrogens is 334 g/mol. The van der Waals surface area contributed by atoms with Crippen LogP contribution in [-0.2, 0) is 11.3 Å². The number of fused-ring (bicyclic) bond motifs is 1. The number of carbonyl (C=O) groups excluding carboxylic acids is 1. The second-order valence-corrected chi connectivity index (χ2v) is 6.83. The number of hydrogen-bond acceptors (Lipinski definition) is 4. The number of H-pyrrole nitrogens is 1. The Morgan fingerprint density at radius 1 is 1.42 bits per heavy atom. The Balaban J connectivity index is 1.72. The average molecular weight is 359 g/mol. The normalized spacial score (nSPS) is 18.2. The summed E-state index contributed by atoms with van der Waals surface area (Å²) in [7, 11) is 0. The van der Waals surface area contributed by atoms with Crippen LogP contribution in [-0.4, -0.2) is 34.2 Å². The molecule has 2 atom stereocenters. The maximum atomic E-state index is 12.5. The van der Waals surface area contributed by atoms with E-state index >= 15 is 0 Å². The Morgan fingerprint density at radius 2 is 2.23 bits per heavy atom. The molecule has 1 aliphatic heterocycles. The van der Waals surface area contributed by atoms with Crippen molar-refractivity contribution in [3.05, 3.63) is 44.6 Å². The third-order valence-corrected chi connectivity index (χ3v) is 4.88. The quantitative estimate of drug-likeness (QED) is 0.822. The zero-order valence-electron chi connectivity index (χ0n) is 15.2. The molecule has 1 aliphatic rings. The zero-order chi connectivity index (χ0) is 18.7. The highest BCUT2D eigenvalue weighted by Gasteiger charge is 2.18. The summed E-state index contributed by atoms with van der Waals surface area (Å²) >= 11 is 0. The fraction of sp³-hybridized carbons (Fsp3) is 0.526. The number of nitrogens with one attached hydrogen (secondary N) is 2. The maximum absolute atomic E-state index is 12.5. The van der Waals surface area contributed by atoms with Crippen molar-refractivity contribution in [3.63, 3.8) is 0 Å². The van der Waals surface area contributed by atoms with Crippen LogP contribution in [0.5, 0.6) is 0 Å². The van der Waals surface area contributed by atoms with Crippen molar-refractivity contribution in [2.24, 2.45) is 0 Å².